The van der Waals surface area contributed by atoms with Gasteiger partial charge in [0.15, 0.2) is 21.4 Å². The van der Waals surface area contributed by atoms with Gasteiger partial charge in [-0.15, -0.1) is 0 Å². The van der Waals surface area contributed by atoms with Gasteiger partial charge in [-0.1, -0.05) is 297 Å². The molecule has 12 heteroatoms. The molecular formula is C112H73N6O3P3. The number of para-hydroxylation sites is 3. The first-order valence-electron chi connectivity index (χ1n) is 42.4. The summed E-state index contributed by atoms with van der Waals surface area (Å²) in [6.07, 6.45) is 19.1. The number of allylic oxidation sites excluding steroid dienone is 14. The van der Waals surface area contributed by atoms with Crippen molar-refractivity contribution in [2.75, 3.05) is 0 Å². The van der Waals surface area contributed by atoms with E-state index in [0.717, 1.165) is 150 Å². The van der Waals surface area contributed by atoms with Crippen molar-refractivity contribution in [3.63, 3.8) is 0 Å². The molecule has 5 aliphatic carbocycles. The highest BCUT2D eigenvalue weighted by atomic mass is 31.2. The van der Waals surface area contributed by atoms with Gasteiger partial charge in [-0.3, -0.25) is 13.7 Å². The Morgan fingerprint density at radius 2 is 0.742 bits per heavy atom. The van der Waals surface area contributed by atoms with Crippen LogP contribution in [0.15, 0.2) is 398 Å². The second-order valence-electron chi connectivity index (χ2n) is 33.7. The number of benzene rings is 17. The maximum atomic E-state index is 15.7. The van der Waals surface area contributed by atoms with Gasteiger partial charge < -0.3 is 13.7 Å². The molecule has 4 unspecified atom stereocenters. The number of aryl methyl sites for hydroxylation is 3. The molecule has 0 fully saturated rings. The van der Waals surface area contributed by atoms with Gasteiger partial charge in [0.2, 0.25) is 0 Å². The minimum atomic E-state index is -3.21. The number of hydrogen-bond donors (Lipinski definition) is 0. The van der Waals surface area contributed by atoms with E-state index in [9.17, 15) is 0 Å². The van der Waals surface area contributed by atoms with Gasteiger partial charge in [-0.05, 0) is 237 Å². The van der Waals surface area contributed by atoms with Crippen LogP contribution < -0.4 is 47.7 Å². The van der Waals surface area contributed by atoms with Crippen LogP contribution >= 0.6 is 21.4 Å². The van der Waals surface area contributed by atoms with E-state index in [2.05, 4.69) is 238 Å². The van der Waals surface area contributed by atoms with Crippen LogP contribution in [-0.2, 0) is 13.7 Å². The largest absolute Gasteiger partial charge is 0.308 e. The molecule has 0 saturated heterocycles. The van der Waals surface area contributed by atoms with E-state index in [-0.39, 0.29) is 5.92 Å². The number of fused-ring (bicyclic) bond motifs is 11. The normalized spacial score (nSPS) is 18.5. The Hall–Kier alpha value is -14.4. The summed E-state index contributed by atoms with van der Waals surface area (Å²) < 4.78 is 53.4. The van der Waals surface area contributed by atoms with Crippen molar-refractivity contribution in [3.05, 3.63) is 421 Å². The van der Waals surface area contributed by atoms with Gasteiger partial charge in [0.1, 0.15) is 17.5 Å². The van der Waals surface area contributed by atoms with Gasteiger partial charge in [0.25, 0.3) is 0 Å². The molecule has 3 aromatic heterocycles. The topological polar surface area (TPSA) is 105 Å². The average molecular weight is 1640 g/mol. The molecule has 0 spiro atoms. The van der Waals surface area contributed by atoms with Crippen LogP contribution in [0.3, 0.4) is 0 Å². The van der Waals surface area contributed by atoms with Crippen molar-refractivity contribution in [1.29, 1.82) is 0 Å². The van der Waals surface area contributed by atoms with Crippen LogP contribution in [-0.4, -0.2) is 28.7 Å². The van der Waals surface area contributed by atoms with Crippen molar-refractivity contribution < 1.29 is 13.7 Å². The van der Waals surface area contributed by atoms with Crippen molar-refractivity contribution >= 4 is 162 Å². The second-order valence-corrected chi connectivity index (χ2v) is 41.8. The van der Waals surface area contributed by atoms with Gasteiger partial charge in [-0.2, -0.15) is 0 Å². The van der Waals surface area contributed by atoms with Crippen LogP contribution in [0.2, 0.25) is 0 Å². The fourth-order valence-corrected chi connectivity index (χ4v) is 31.3. The van der Waals surface area contributed by atoms with Gasteiger partial charge in [-0.25, -0.2) is 15.0 Å². The average Bonchev–Trinajstić information content (AvgIpc) is 1.29. The standard InChI is InChI=1S/C40H25N2OP.C36H25N2OP.C36H23N2OP/c1-24-41-34-17-8-18-36-40(34)42(24)35-22-19-26(23-37(35)44(36,43)27-11-3-2-4-12-27)28-20-21-33-31-14-6-10-25-9-5-13-30(38(25)31)32-16-7-15-29(28)39(32)33;1-22-37-30-14-7-15-32-36(30)38(22)31-19-18-25(21-33(31)40(32,39)27-11-3-2-4-12-27)29-20-26-10-5-8-23-16-17-24-9-6-13-28(29)35(24)34(23)26;1-22-37-31-15-8-16-33-36(31)38(22)32-20-17-23(21-34(32)40(33,39)24-9-3-2-4-10-24)25-18-19-30-27-12-6-5-11-26(27)29-14-7-13-28(25)35(29)30/h2-23H,1H3;2-9,11-21,35H,10H2,1H3;2-21H,1H3. The maximum absolute atomic E-state index is 15.7. The maximum Gasteiger partial charge on any atom is 0.175 e. The van der Waals surface area contributed by atoms with Gasteiger partial charge in [0, 0.05) is 53.7 Å². The van der Waals surface area contributed by atoms with E-state index < -0.39 is 21.4 Å². The molecule has 0 N–H and O–H groups in total. The Morgan fingerprint density at radius 1 is 0.331 bits per heavy atom. The highest BCUT2D eigenvalue weighted by Gasteiger charge is 2.45. The SMILES string of the molecule is Cc1nc2cccc3c2n1-c1ccc(-c2ccc4c5c(cccc25)-c2ccccc2-4)cc1P3(=O)c1ccccc1.Cc1nc2cccc3c2n1-c1ccc(-c2ccc4c5cccc6cccc(c7cccc2c74)c65)cc1P3(=O)c1ccccc1.Cc1nc2cccc3c2n1-c1ccc(C2=C4C=CC=C5C=CC6=C(C(=C2)CC=C6)C54)cc1P3(=O)c1ccccc1. The highest BCUT2D eigenvalue weighted by Crippen LogP contribution is 2.58. The van der Waals surface area contributed by atoms with Crippen LogP contribution in [0.5, 0.6) is 0 Å². The Morgan fingerprint density at radius 3 is 1.27 bits per heavy atom. The smallest absolute Gasteiger partial charge is 0.175 e. The van der Waals surface area contributed by atoms with Crippen LogP contribution in [0.1, 0.15) is 29.5 Å². The summed E-state index contributed by atoms with van der Waals surface area (Å²) in [6, 6.07) is 112. The summed E-state index contributed by atoms with van der Waals surface area (Å²) in [5, 5.41) is 20.4. The molecule has 3 aliphatic heterocycles. The third-order valence-corrected chi connectivity index (χ3v) is 36.7. The first kappa shape index (κ1) is 71.3. The molecule has 20 aromatic rings. The molecule has 0 bridgehead atoms. The van der Waals surface area contributed by atoms with E-state index in [1.165, 1.54) is 110 Å². The molecule has 0 saturated carbocycles. The molecule has 8 aliphatic rings. The third-order valence-electron chi connectivity index (χ3n) is 27.4. The molecule has 28 rings (SSSR count). The lowest BCUT2D eigenvalue weighted by atomic mass is 9.66. The van der Waals surface area contributed by atoms with Crippen molar-refractivity contribution in [2.24, 2.45) is 5.92 Å². The number of aromatic nitrogens is 6. The molecule has 0 radical (unpaired) electrons. The first-order valence-corrected chi connectivity index (χ1v) is 47.6. The lowest BCUT2D eigenvalue weighted by Crippen LogP contribution is -2.33. The predicted molar refractivity (Wildman–Crippen MR) is 516 cm³/mol. The molecule has 584 valence electrons. The monoisotopic (exact) mass is 1640 g/mol. The van der Waals surface area contributed by atoms with Crippen molar-refractivity contribution in [1.82, 2.24) is 28.7 Å². The quantitative estimate of drug-likeness (QED) is 0.0933. The third kappa shape index (κ3) is 9.72. The summed E-state index contributed by atoms with van der Waals surface area (Å²) in [6.45, 7) is 6.10. The number of hydrogen-bond acceptors (Lipinski definition) is 6. The van der Waals surface area contributed by atoms with Crippen LogP contribution in [0, 0.1) is 26.7 Å². The summed E-state index contributed by atoms with van der Waals surface area (Å²) in [5.74, 6) is 2.96. The Balaban J connectivity index is 0.0000000996. The molecule has 0 amide bonds. The van der Waals surface area contributed by atoms with Crippen molar-refractivity contribution in [3.8, 4) is 61.6 Å². The van der Waals surface area contributed by atoms with E-state index in [1.807, 2.05) is 166 Å². The first-order chi connectivity index (χ1) is 60.9. The molecular weight excluding hydrogens is 1570 g/mol. The van der Waals surface area contributed by atoms with E-state index in [1.54, 1.807) is 0 Å². The Bertz CT molecular complexity index is 8580. The summed E-state index contributed by atoms with van der Waals surface area (Å²) >= 11 is 0. The lowest BCUT2D eigenvalue weighted by Gasteiger charge is -2.37. The lowest BCUT2D eigenvalue weighted by molar-refractivity contribution is 0.591. The minimum Gasteiger partial charge on any atom is -0.308 e. The second kappa shape index (κ2) is 26.3. The number of imidazole rings is 3. The van der Waals surface area contributed by atoms with Gasteiger partial charge >= 0.3 is 0 Å². The Kier molecular flexibility index (Phi) is 15.1. The fraction of sp³-hybridized carbons (Fsp3) is 0.0446. The highest BCUT2D eigenvalue weighted by molar-refractivity contribution is 7.87. The summed E-state index contributed by atoms with van der Waals surface area (Å²) in [7, 11) is -9.55. The van der Waals surface area contributed by atoms with Gasteiger partial charge in [0.05, 0.1) is 50.2 Å². The van der Waals surface area contributed by atoms with Crippen LogP contribution in [0.25, 0.3) is 154 Å². The molecule has 4 atom stereocenters. The minimum absolute atomic E-state index is 0.248. The van der Waals surface area contributed by atoms with Crippen LogP contribution in [0.4, 0.5) is 0 Å². The summed E-state index contributed by atoms with van der Waals surface area (Å²) in [5.41, 5.74) is 27.1. The zero-order valence-corrected chi connectivity index (χ0v) is 70.4. The number of rotatable bonds is 6. The molecule has 17 aromatic carbocycles. The van der Waals surface area contributed by atoms with E-state index in [0.29, 0.717) is 0 Å². The molecule has 9 nitrogen and oxygen atoms in total. The van der Waals surface area contributed by atoms with E-state index >= 15 is 13.7 Å². The predicted octanol–water partition coefficient (Wildman–Crippen LogP) is 23.7. The molecule has 6 heterocycles. The zero-order valence-electron chi connectivity index (χ0n) is 67.8. The van der Waals surface area contributed by atoms with Crippen molar-refractivity contribution in [2.45, 2.75) is 27.2 Å². The Labute approximate surface area is 714 Å². The molecule has 124 heavy (non-hydrogen) atoms. The zero-order chi connectivity index (χ0) is 82.3. The van der Waals surface area contributed by atoms with E-state index in [4.69, 9.17) is 15.0 Å². The fourth-order valence-electron chi connectivity index (χ4n) is 22.2. The summed E-state index contributed by atoms with van der Waals surface area (Å²) in [4.78, 5) is 14.6. The number of nitrogens with zero attached hydrogens (tertiary/aromatic N) is 6.